The van der Waals surface area contributed by atoms with Gasteiger partial charge in [-0.05, 0) is 49.8 Å². The Kier molecular flexibility index (Phi) is 7.24. The van der Waals surface area contributed by atoms with Crippen molar-refractivity contribution in [2.75, 3.05) is 12.9 Å². The number of esters is 1. The highest BCUT2D eigenvalue weighted by Crippen LogP contribution is 2.40. The molecule has 1 atom stereocenters. The Morgan fingerprint density at radius 1 is 1.37 bits per heavy atom. The molecule has 1 aliphatic rings. The summed E-state index contributed by atoms with van der Waals surface area (Å²) in [4.78, 5) is 29.4. The number of aromatic nitrogens is 1. The minimum absolute atomic E-state index is 0.139. The van der Waals surface area contributed by atoms with Crippen LogP contribution in [0.5, 0.6) is 0 Å². The molecule has 156 valence electrons. The fourth-order valence-electron chi connectivity index (χ4n) is 2.97. The first-order valence-corrected chi connectivity index (χ1v) is 11.2. The summed E-state index contributed by atoms with van der Waals surface area (Å²) in [6.45, 7) is 1.28. The molecule has 30 heavy (non-hydrogen) atoms. The van der Waals surface area contributed by atoms with E-state index in [1.807, 2.05) is 6.07 Å². The summed E-state index contributed by atoms with van der Waals surface area (Å²) < 4.78 is 5.18. The molecule has 1 aliphatic carbocycles. The first-order chi connectivity index (χ1) is 14.3. The largest absolute Gasteiger partial charge is 0.452 e. The van der Waals surface area contributed by atoms with Gasteiger partial charge in [-0.1, -0.05) is 29.3 Å². The number of hydrogen-bond acceptors (Lipinski definition) is 6. The second kappa shape index (κ2) is 9.69. The second-order valence-corrected chi connectivity index (χ2v) is 8.53. The molecule has 1 aromatic heterocycles. The number of nitrogens with zero attached hydrogens (tertiary/aromatic N) is 2. The maximum absolute atomic E-state index is 12.6. The van der Waals surface area contributed by atoms with Crippen molar-refractivity contribution in [3.05, 3.63) is 56.7 Å². The lowest BCUT2D eigenvalue weighted by Crippen LogP contribution is -2.31. The first kappa shape index (κ1) is 22.4. The van der Waals surface area contributed by atoms with Crippen LogP contribution in [0.2, 0.25) is 10.0 Å². The van der Waals surface area contributed by atoms with E-state index in [1.54, 1.807) is 37.4 Å². The van der Waals surface area contributed by atoms with Gasteiger partial charge in [0.25, 0.3) is 5.91 Å². The molecule has 1 saturated carbocycles. The molecule has 6 nitrogen and oxygen atoms in total. The number of rotatable bonds is 7. The Morgan fingerprint density at radius 3 is 2.70 bits per heavy atom. The van der Waals surface area contributed by atoms with Gasteiger partial charge in [0.1, 0.15) is 11.1 Å². The zero-order chi connectivity index (χ0) is 21.8. The molecule has 1 aromatic carbocycles. The van der Waals surface area contributed by atoms with Crippen LogP contribution >= 0.6 is 35.0 Å². The fourth-order valence-corrected chi connectivity index (χ4v) is 4.10. The molecular formula is C21H19Cl2N3O3S. The predicted octanol–water partition coefficient (Wildman–Crippen LogP) is 4.89. The summed E-state index contributed by atoms with van der Waals surface area (Å²) in [5.41, 5.74) is 1.78. The molecule has 1 N–H and O–H groups in total. The number of thioether (sulfide) groups is 1. The van der Waals surface area contributed by atoms with Gasteiger partial charge in [0.15, 0.2) is 6.61 Å². The Hall–Kier alpha value is -2.27. The van der Waals surface area contributed by atoms with Gasteiger partial charge in [0, 0.05) is 21.7 Å². The van der Waals surface area contributed by atoms with E-state index < -0.39 is 24.5 Å². The summed E-state index contributed by atoms with van der Waals surface area (Å²) in [5.74, 6) is -0.899. The zero-order valence-electron chi connectivity index (χ0n) is 16.4. The number of nitriles is 1. The predicted molar refractivity (Wildman–Crippen MR) is 116 cm³/mol. The van der Waals surface area contributed by atoms with Crippen molar-refractivity contribution in [3.63, 3.8) is 0 Å². The van der Waals surface area contributed by atoms with Crippen molar-refractivity contribution in [2.45, 2.75) is 36.8 Å². The van der Waals surface area contributed by atoms with Crippen molar-refractivity contribution < 1.29 is 14.3 Å². The lowest BCUT2D eigenvalue weighted by Gasteiger charge is -2.16. The number of halogens is 2. The summed E-state index contributed by atoms with van der Waals surface area (Å²) in [5, 5.41) is 13.6. The van der Waals surface area contributed by atoms with Crippen molar-refractivity contribution in [2.24, 2.45) is 0 Å². The number of amides is 1. The van der Waals surface area contributed by atoms with Crippen LogP contribution in [-0.2, 0) is 9.53 Å². The van der Waals surface area contributed by atoms with Gasteiger partial charge in [-0.25, -0.2) is 9.78 Å². The van der Waals surface area contributed by atoms with Gasteiger partial charge in [0.2, 0.25) is 0 Å². The highest BCUT2D eigenvalue weighted by molar-refractivity contribution is 7.98. The summed E-state index contributed by atoms with van der Waals surface area (Å²) in [7, 11) is 0. The molecule has 0 spiro atoms. The number of benzene rings is 1. The third kappa shape index (κ3) is 5.25. The highest BCUT2D eigenvalue weighted by Gasteiger charge is 2.29. The number of carbonyl (C=O) groups excluding carboxylic acids is 2. The molecule has 1 amide bonds. The van der Waals surface area contributed by atoms with Gasteiger partial charge in [-0.3, -0.25) is 4.79 Å². The lowest BCUT2D eigenvalue weighted by molar-refractivity contribution is -0.124. The van der Waals surface area contributed by atoms with Crippen LogP contribution in [-0.4, -0.2) is 29.7 Å². The van der Waals surface area contributed by atoms with E-state index >= 15 is 0 Å². The molecule has 1 unspecified atom stereocenters. The molecule has 2 aromatic rings. The topological polar surface area (TPSA) is 92.1 Å². The van der Waals surface area contributed by atoms with Gasteiger partial charge in [-0.15, -0.1) is 11.8 Å². The normalized spacial score (nSPS) is 14.0. The highest BCUT2D eigenvalue weighted by atomic mass is 35.5. The number of nitrogens with one attached hydrogen (secondary N) is 1. The number of carbonyl (C=O) groups is 2. The van der Waals surface area contributed by atoms with Gasteiger partial charge in [0.05, 0.1) is 17.2 Å². The summed E-state index contributed by atoms with van der Waals surface area (Å²) in [6.07, 6.45) is 3.81. The number of ether oxygens (including phenoxy) is 1. The van der Waals surface area contributed by atoms with Crippen LogP contribution in [0.1, 0.15) is 58.9 Å². The molecule has 1 heterocycles. The van der Waals surface area contributed by atoms with Crippen molar-refractivity contribution in [3.8, 4) is 6.07 Å². The Balaban J connectivity index is 1.67. The molecule has 0 bridgehead atoms. The van der Waals surface area contributed by atoms with Crippen LogP contribution in [0.3, 0.4) is 0 Å². The number of pyridine rings is 1. The Morgan fingerprint density at radius 2 is 2.10 bits per heavy atom. The van der Waals surface area contributed by atoms with E-state index in [-0.39, 0.29) is 11.1 Å². The van der Waals surface area contributed by atoms with Crippen LogP contribution in [0.4, 0.5) is 0 Å². The van der Waals surface area contributed by atoms with E-state index in [0.717, 1.165) is 18.5 Å². The SMILES string of the molecule is CSc1nc(C2CC2)cc(C(=O)OCC(=O)NC(C)c2ccc(Cl)cc2Cl)c1C#N. The first-order valence-electron chi connectivity index (χ1n) is 9.24. The summed E-state index contributed by atoms with van der Waals surface area (Å²) in [6, 6.07) is 8.22. The monoisotopic (exact) mass is 463 g/mol. The van der Waals surface area contributed by atoms with Crippen molar-refractivity contribution >= 4 is 46.8 Å². The average Bonchev–Trinajstić information content (AvgIpc) is 3.56. The van der Waals surface area contributed by atoms with Crippen molar-refractivity contribution in [1.29, 1.82) is 5.26 Å². The molecule has 0 aliphatic heterocycles. The fraction of sp³-hybridized carbons (Fsp3) is 0.333. The van der Waals surface area contributed by atoms with Gasteiger partial charge in [-0.2, -0.15) is 5.26 Å². The van der Waals surface area contributed by atoms with E-state index in [9.17, 15) is 14.9 Å². The van der Waals surface area contributed by atoms with Crippen molar-refractivity contribution in [1.82, 2.24) is 10.3 Å². The van der Waals surface area contributed by atoms with E-state index in [2.05, 4.69) is 10.3 Å². The van der Waals surface area contributed by atoms with Crippen LogP contribution in [0.25, 0.3) is 0 Å². The maximum Gasteiger partial charge on any atom is 0.340 e. The molecule has 1 fully saturated rings. The Labute approximate surface area is 188 Å². The Bertz CT molecular complexity index is 1030. The molecule has 0 radical (unpaired) electrons. The smallest absolute Gasteiger partial charge is 0.340 e. The van der Waals surface area contributed by atoms with E-state index in [4.69, 9.17) is 27.9 Å². The molecule has 3 rings (SSSR count). The lowest BCUT2D eigenvalue weighted by atomic mass is 10.1. The van der Waals surface area contributed by atoms with Crippen LogP contribution in [0.15, 0.2) is 29.3 Å². The van der Waals surface area contributed by atoms with Gasteiger partial charge >= 0.3 is 5.97 Å². The number of hydrogen-bond donors (Lipinski definition) is 1. The summed E-state index contributed by atoms with van der Waals surface area (Å²) >= 11 is 13.4. The molecule has 0 saturated heterocycles. The minimum Gasteiger partial charge on any atom is -0.452 e. The van der Waals surface area contributed by atoms with Crippen LogP contribution in [0, 0.1) is 11.3 Å². The van der Waals surface area contributed by atoms with Crippen LogP contribution < -0.4 is 5.32 Å². The minimum atomic E-state index is -0.724. The molecule has 9 heteroatoms. The third-order valence-corrected chi connectivity index (χ3v) is 5.91. The third-order valence-electron chi connectivity index (χ3n) is 4.67. The molecular weight excluding hydrogens is 445 g/mol. The van der Waals surface area contributed by atoms with Gasteiger partial charge < -0.3 is 10.1 Å². The van der Waals surface area contributed by atoms with E-state index in [0.29, 0.717) is 26.6 Å². The second-order valence-electron chi connectivity index (χ2n) is 6.90. The maximum atomic E-state index is 12.6. The zero-order valence-corrected chi connectivity index (χ0v) is 18.7. The quantitative estimate of drug-likeness (QED) is 0.463. The standard InChI is InChI=1S/C21H19Cl2N3O3S/c1-11(14-6-5-13(22)7-17(14)23)25-19(27)10-29-21(28)15-8-18(12-3-4-12)26-20(30-2)16(15)9-24/h5-8,11-12H,3-4,10H2,1-2H3,(H,25,27). The van der Waals surface area contributed by atoms with E-state index in [1.165, 1.54) is 11.8 Å². The average molecular weight is 464 g/mol.